The third-order valence-corrected chi connectivity index (χ3v) is 3.01. The highest BCUT2D eigenvalue weighted by Crippen LogP contribution is 2.19. The Labute approximate surface area is 110 Å². The lowest BCUT2D eigenvalue weighted by atomic mass is 10.1. The van der Waals surface area contributed by atoms with E-state index in [4.69, 9.17) is 4.52 Å². The lowest BCUT2D eigenvalue weighted by Gasteiger charge is -1.99. The van der Waals surface area contributed by atoms with Crippen molar-refractivity contribution < 1.29 is 9.32 Å². The van der Waals surface area contributed by atoms with E-state index in [1.54, 1.807) is 17.8 Å². The maximum absolute atomic E-state index is 11.7. The van der Waals surface area contributed by atoms with Crippen molar-refractivity contribution >= 4 is 17.7 Å². The van der Waals surface area contributed by atoms with Gasteiger partial charge in [0.25, 0.3) is 5.91 Å². The second-order valence-electron chi connectivity index (χ2n) is 3.69. The first-order chi connectivity index (χ1) is 8.81. The Bertz CT molecular complexity index is 511. The minimum absolute atomic E-state index is 0.199. The molecule has 0 spiro atoms. The molecule has 1 aromatic heterocycles. The molecule has 2 aromatic rings. The number of carbonyl (C=O) groups is 1. The molecule has 1 N–H and O–H groups in total. The second kappa shape index (κ2) is 6.26. The summed E-state index contributed by atoms with van der Waals surface area (Å²) in [7, 11) is 0. The summed E-state index contributed by atoms with van der Waals surface area (Å²) in [5.74, 6) is 1.29. The molecule has 0 saturated heterocycles. The number of hydrogen-bond acceptors (Lipinski definition) is 4. The van der Waals surface area contributed by atoms with Crippen LogP contribution in [0.25, 0.3) is 11.3 Å². The van der Waals surface area contributed by atoms with E-state index in [1.165, 1.54) is 0 Å². The highest BCUT2D eigenvalue weighted by atomic mass is 32.2. The van der Waals surface area contributed by atoms with Gasteiger partial charge in [-0.05, 0) is 6.26 Å². The van der Waals surface area contributed by atoms with Crippen molar-refractivity contribution in [3.8, 4) is 11.3 Å². The molecule has 0 bridgehead atoms. The van der Waals surface area contributed by atoms with E-state index in [0.29, 0.717) is 18.0 Å². The van der Waals surface area contributed by atoms with Crippen LogP contribution in [0.1, 0.15) is 10.5 Å². The number of amides is 1. The summed E-state index contributed by atoms with van der Waals surface area (Å²) in [5.41, 5.74) is 1.23. The zero-order valence-electron chi connectivity index (χ0n) is 10.1. The molecule has 0 aliphatic heterocycles. The molecule has 0 unspecified atom stereocenters. The van der Waals surface area contributed by atoms with E-state index in [2.05, 4.69) is 10.5 Å². The molecular weight excluding hydrogens is 248 g/mol. The highest BCUT2D eigenvalue weighted by Gasteiger charge is 2.12. The molecule has 0 aliphatic rings. The molecule has 2 rings (SSSR count). The summed E-state index contributed by atoms with van der Waals surface area (Å²) < 4.78 is 5.16. The average molecular weight is 262 g/mol. The van der Waals surface area contributed by atoms with Gasteiger partial charge < -0.3 is 9.84 Å². The van der Waals surface area contributed by atoms with Gasteiger partial charge in [0.05, 0.1) is 0 Å². The summed E-state index contributed by atoms with van der Waals surface area (Å²) in [6.07, 6.45) is 2.00. The summed E-state index contributed by atoms with van der Waals surface area (Å²) >= 11 is 1.68. The Kier molecular flexibility index (Phi) is 4.41. The largest absolute Gasteiger partial charge is 0.355 e. The van der Waals surface area contributed by atoms with Crippen LogP contribution in [0.3, 0.4) is 0 Å². The number of nitrogens with zero attached hydrogens (tertiary/aromatic N) is 1. The van der Waals surface area contributed by atoms with Gasteiger partial charge in [0, 0.05) is 23.9 Å². The Hall–Kier alpha value is -1.75. The molecule has 5 heteroatoms. The fourth-order valence-electron chi connectivity index (χ4n) is 1.48. The van der Waals surface area contributed by atoms with Gasteiger partial charge in [-0.3, -0.25) is 4.79 Å². The quantitative estimate of drug-likeness (QED) is 0.841. The minimum Gasteiger partial charge on any atom is -0.355 e. The van der Waals surface area contributed by atoms with Crippen LogP contribution in [0, 0.1) is 0 Å². The van der Waals surface area contributed by atoms with Crippen molar-refractivity contribution in [1.82, 2.24) is 10.5 Å². The van der Waals surface area contributed by atoms with E-state index >= 15 is 0 Å². The summed E-state index contributed by atoms with van der Waals surface area (Å²) in [4.78, 5) is 11.7. The number of aromatic nitrogens is 1. The molecule has 18 heavy (non-hydrogen) atoms. The topological polar surface area (TPSA) is 55.1 Å². The van der Waals surface area contributed by atoms with Crippen molar-refractivity contribution in [2.24, 2.45) is 0 Å². The molecule has 0 saturated carbocycles. The first kappa shape index (κ1) is 12.7. The molecule has 4 nitrogen and oxygen atoms in total. The van der Waals surface area contributed by atoms with Gasteiger partial charge in [0.15, 0.2) is 11.5 Å². The fourth-order valence-corrected chi connectivity index (χ4v) is 1.78. The van der Waals surface area contributed by atoms with Crippen LogP contribution in [0.2, 0.25) is 0 Å². The minimum atomic E-state index is -0.199. The number of benzene rings is 1. The molecule has 1 aromatic carbocycles. The molecule has 0 radical (unpaired) electrons. The summed E-state index contributed by atoms with van der Waals surface area (Å²) in [6, 6.07) is 11.2. The fraction of sp³-hybridized carbons (Fsp3) is 0.231. The normalized spacial score (nSPS) is 10.3. The van der Waals surface area contributed by atoms with Crippen molar-refractivity contribution in [3.05, 3.63) is 42.1 Å². The van der Waals surface area contributed by atoms with Crippen LogP contribution in [-0.2, 0) is 0 Å². The zero-order chi connectivity index (χ0) is 12.8. The van der Waals surface area contributed by atoms with E-state index in [0.717, 1.165) is 11.3 Å². The highest BCUT2D eigenvalue weighted by molar-refractivity contribution is 7.98. The predicted molar refractivity (Wildman–Crippen MR) is 72.7 cm³/mol. The molecule has 0 atom stereocenters. The van der Waals surface area contributed by atoms with E-state index < -0.39 is 0 Å². The van der Waals surface area contributed by atoms with Crippen molar-refractivity contribution in [2.45, 2.75) is 0 Å². The lowest BCUT2D eigenvalue weighted by Crippen LogP contribution is -2.25. The second-order valence-corrected chi connectivity index (χ2v) is 4.68. The summed E-state index contributed by atoms with van der Waals surface area (Å²) in [6.45, 7) is 0.632. The van der Waals surface area contributed by atoms with Crippen molar-refractivity contribution in [1.29, 1.82) is 0 Å². The van der Waals surface area contributed by atoms with Crippen LogP contribution in [0.4, 0.5) is 0 Å². The van der Waals surface area contributed by atoms with Gasteiger partial charge in [-0.1, -0.05) is 35.5 Å². The number of nitrogens with one attached hydrogen (secondary N) is 1. The van der Waals surface area contributed by atoms with Gasteiger partial charge in [-0.25, -0.2) is 0 Å². The maximum atomic E-state index is 11.7. The Morgan fingerprint density at radius 1 is 1.39 bits per heavy atom. The smallest absolute Gasteiger partial charge is 0.273 e. The van der Waals surface area contributed by atoms with Crippen LogP contribution in [0.15, 0.2) is 40.9 Å². The molecule has 1 heterocycles. The van der Waals surface area contributed by atoms with Crippen LogP contribution in [-0.4, -0.2) is 29.6 Å². The Morgan fingerprint density at radius 2 is 2.17 bits per heavy atom. The lowest BCUT2D eigenvalue weighted by molar-refractivity contribution is 0.0947. The van der Waals surface area contributed by atoms with E-state index in [1.807, 2.05) is 36.6 Å². The molecular formula is C13H14N2O2S. The molecule has 1 amide bonds. The number of rotatable bonds is 5. The van der Waals surface area contributed by atoms with Crippen LogP contribution < -0.4 is 5.32 Å². The molecule has 0 fully saturated rings. The number of hydrogen-bond donors (Lipinski definition) is 1. The monoisotopic (exact) mass is 262 g/mol. The third kappa shape index (κ3) is 3.13. The Balaban J connectivity index is 2.04. The molecule has 0 aliphatic carbocycles. The Morgan fingerprint density at radius 3 is 2.89 bits per heavy atom. The van der Waals surface area contributed by atoms with Gasteiger partial charge in [0.1, 0.15) is 0 Å². The standard InChI is InChI=1S/C13H14N2O2S/c1-18-8-7-14-13(16)11-9-12(17-15-11)10-5-3-2-4-6-10/h2-6,9H,7-8H2,1H3,(H,14,16). The number of carbonyl (C=O) groups excluding carboxylic acids is 1. The number of thioether (sulfide) groups is 1. The zero-order valence-corrected chi connectivity index (χ0v) is 10.9. The third-order valence-electron chi connectivity index (χ3n) is 2.39. The van der Waals surface area contributed by atoms with Crippen LogP contribution in [0.5, 0.6) is 0 Å². The van der Waals surface area contributed by atoms with Gasteiger partial charge in [-0.2, -0.15) is 11.8 Å². The van der Waals surface area contributed by atoms with Crippen molar-refractivity contribution in [3.63, 3.8) is 0 Å². The first-order valence-electron chi connectivity index (χ1n) is 5.60. The summed E-state index contributed by atoms with van der Waals surface area (Å²) in [5, 5.41) is 6.56. The van der Waals surface area contributed by atoms with E-state index in [9.17, 15) is 4.79 Å². The molecule has 94 valence electrons. The predicted octanol–water partition coefficient (Wildman–Crippen LogP) is 2.43. The van der Waals surface area contributed by atoms with Crippen LogP contribution >= 0.6 is 11.8 Å². The van der Waals surface area contributed by atoms with E-state index in [-0.39, 0.29) is 5.91 Å². The first-order valence-corrected chi connectivity index (χ1v) is 7.00. The SMILES string of the molecule is CSCCNC(=O)c1cc(-c2ccccc2)on1. The van der Waals surface area contributed by atoms with Gasteiger partial charge in [0.2, 0.25) is 0 Å². The van der Waals surface area contributed by atoms with Gasteiger partial charge >= 0.3 is 0 Å². The maximum Gasteiger partial charge on any atom is 0.273 e. The van der Waals surface area contributed by atoms with Gasteiger partial charge in [-0.15, -0.1) is 0 Å². The van der Waals surface area contributed by atoms with Crippen molar-refractivity contribution in [2.75, 3.05) is 18.6 Å². The average Bonchev–Trinajstić information content (AvgIpc) is 2.89.